The molecule has 2 heterocycles. The first-order chi connectivity index (χ1) is 13.1. The van der Waals surface area contributed by atoms with Crippen LogP contribution in [0.25, 0.3) is 11.3 Å². The summed E-state index contributed by atoms with van der Waals surface area (Å²) in [6, 6.07) is 15.3. The van der Waals surface area contributed by atoms with Crippen LogP contribution in [0.15, 0.2) is 59.4 Å². The highest BCUT2D eigenvalue weighted by Gasteiger charge is 2.20. The van der Waals surface area contributed by atoms with Crippen molar-refractivity contribution in [2.24, 2.45) is 0 Å². The van der Waals surface area contributed by atoms with E-state index in [-0.39, 0.29) is 11.4 Å². The Hall–Kier alpha value is -2.86. The molecule has 0 unspecified atom stereocenters. The third-order valence-corrected chi connectivity index (χ3v) is 4.98. The van der Waals surface area contributed by atoms with Crippen LogP contribution in [0.2, 0.25) is 5.02 Å². The van der Waals surface area contributed by atoms with Gasteiger partial charge in [0.25, 0.3) is 5.56 Å². The lowest BCUT2D eigenvalue weighted by Gasteiger charge is -2.36. The Labute approximate surface area is 161 Å². The lowest BCUT2D eigenvalue weighted by atomic mass is 10.1. The highest BCUT2D eigenvalue weighted by Crippen LogP contribution is 2.26. The number of rotatable bonds is 3. The zero-order valence-corrected chi connectivity index (χ0v) is 15.3. The smallest absolute Gasteiger partial charge is 0.252 e. The van der Waals surface area contributed by atoms with E-state index in [0.717, 1.165) is 24.3 Å². The van der Waals surface area contributed by atoms with E-state index >= 15 is 0 Å². The summed E-state index contributed by atoms with van der Waals surface area (Å²) in [5, 5.41) is 0.558. The molecule has 0 amide bonds. The van der Waals surface area contributed by atoms with Gasteiger partial charge in [-0.05, 0) is 30.3 Å². The van der Waals surface area contributed by atoms with Crippen LogP contribution in [0.4, 0.5) is 16.0 Å². The number of benzene rings is 2. The Bertz CT molecular complexity index is 997. The van der Waals surface area contributed by atoms with Gasteiger partial charge in [0.1, 0.15) is 5.82 Å². The summed E-state index contributed by atoms with van der Waals surface area (Å²) in [5.74, 6) is 0.298. The SMILES string of the molecule is O=c1cc(-c2ccccc2Cl)nc(N2CCN(c3ccc(F)cc3)CC2)[nH]1. The molecule has 1 saturated heterocycles. The number of halogens is 2. The molecule has 1 aliphatic heterocycles. The summed E-state index contributed by atoms with van der Waals surface area (Å²) >= 11 is 6.25. The van der Waals surface area contributed by atoms with Gasteiger partial charge in [-0.2, -0.15) is 0 Å². The van der Waals surface area contributed by atoms with E-state index in [1.165, 1.54) is 18.2 Å². The highest BCUT2D eigenvalue weighted by atomic mass is 35.5. The van der Waals surface area contributed by atoms with Gasteiger partial charge in [0, 0.05) is 48.5 Å². The molecular formula is C20H18ClFN4O. The molecule has 1 fully saturated rings. The molecule has 2 aromatic carbocycles. The monoisotopic (exact) mass is 384 g/mol. The van der Waals surface area contributed by atoms with Gasteiger partial charge in [-0.25, -0.2) is 9.37 Å². The van der Waals surface area contributed by atoms with Gasteiger partial charge in [0.15, 0.2) is 0 Å². The zero-order chi connectivity index (χ0) is 18.8. The van der Waals surface area contributed by atoms with Gasteiger partial charge in [-0.15, -0.1) is 0 Å². The van der Waals surface area contributed by atoms with Crippen LogP contribution in [0.3, 0.4) is 0 Å². The molecule has 138 valence electrons. The van der Waals surface area contributed by atoms with E-state index in [9.17, 15) is 9.18 Å². The van der Waals surface area contributed by atoms with E-state index < -0.39 is 0 Å². The molecule has 1 N–H and O–H groups in total. The molecule has 0 atom stereocenters. The number of H-pyrrole nitrogens is 1. The third kappa shape index (κ3) is 3.80. The second-order valence-corrected chi connectivity index (χ2v) is 6.79. The normalized spacial score (nSPS) is 14.4. The number of hydrogen-bond acceptors (Lipinski definition) is 4. The summed E-state index contributed by atoms with van der Waals surface area (Å²) in [7, 11) is 0. The van der Waals surface area contributed by atoms with Crippen molar-refractivity contribution < 1.29 is 4.39 Å². The fourth-order valence-electron chi connectivity index (χ4n) is 3.23. The van der Waals surface area contributed by atoms with Crippen LogP contribution in [0.5, 0.6) is 0 Å². The van der Waals surface area contributed by atoms with Crippen molar-refractivity contribution in [2.45, 2.75) is 0 Å². The summed E-state index contributed by atoms with van der Waals surface area (Å²) in [5.41, 5.74) is 2.06. The lowest BCUT2D eigenvalue weighted by molar-refractivity contribution is 0.623. The molecular weight excluding hydrogens is 367 g/mol. The first kappa shape index (κ1) is 17.5. The molecule has 0 radical (unpaired) electrons. The van der Waals surface area contributed by atoms with Gasteiger partial charge >= 0.3 is 0 Å². The Morgan fingerprint density at radius 1 is 0.963 bits per heavy atom. The standard InChI is InChI=1S/C20H18ClFN4O/c21-17-4-2-1-3-16(17)18-13-19(27)24-20(23-18)26-11-9-25(10-12-26)15-7-5-14(22)6-8-15/h1-8,13H,9-12H2,(H,23,24,27). The summed E-state index contributed by atoms with van der Waals surface area (Å²) in [6.45, 7) is 2.91. The van der Waals surface area contributed by atoms with Gasteiger partial charge in [0.05, 0.1) is 5.69 Å². The quantitative estimate of drug-likeness (QED) is 0.750. The minimum Gasteiger partial charge on any atom is -0.368 e. The molecule has 0 spiro atoms. The maximum atomic E-state index is 13.1. The first-order valence-corrected chi connectivity index (χ1v) is 9.10. The zero-order valence-electron chi connectivity index (χ0n) is 14.5. The van der Waals surface area contributed by atoms with E-state index in [1.54, 1.807) is 18.2 Å². The number of piperazine rings is 1. The Morgan fingerprint density at radius 2 is 1.63 bits per heavy atom. The van der Waals surface area contributed by atoms with Crippen LogP contribution in [0, 0.1) is 5.82 Å². The molecule has 0 saturated carbocycles. The Kier molecular flexibility index (Phi) is 4.81. The number of nitrogens with zero attached hydrogens (tertiary/aromatic N) is 3. The number of aromatic nitrogens is 2. The first-order valence-electron chi connectivity index (χ1n) is 8.72. The number of aromatic amines is 1. The van der Waals surface area contributed by atoms with E-state index in [2.05, 4.69) is 14.9 Å². The summed E-state index contributed by atoms with van der Waals surface area (Å²) in [4.78, 5) is 23.8. The average molecular weight is 385 g/mol. The predicted molar refractivity (Wildman–Crippen MR) is 106 cm³/mol. The topological polar surface area (TPSA) is 52.2 Å². The molecule has 0 bridgehead atoms. The van der Waals surface area contributed by atoms with Crippen LogP contribution < -0.4 is 15.4 Å². The molecule has 5 nitrogen and oxygen atoms in total. The van der Waals surface area contributed by atoms with Gasteiger partial charge < -0.3 is 9.80 Å². The molecule has 1 aromatic heterocycles. The maximum absolute atomic E-state index is 13.1. The maximum Gasteiger partial charge on any atom is 0.252 e. The van der Waals surface area contributed by atoms with Gasteiger partial charge in [-0.3, -0.25) is 9.78 Å². The van der Waals surface area contributed by atoms with Crippen LogP contribution in [-0.2, 0) is 0 Å². The molecule has 3 aromatic rings. The Balaban J connectivity index is 1.54. The van der Waals surface area contributed by atoms with Crippen molar-refractivity contribution in [3.63, 3.8) is 0 Å². The van der Waals surface area contributed by atoms with Crippen LogP contribution >= 0.6 is 11.6 Å². The Morgan fingerprint density at radius 3 is 2.33 bits per heavy atom. The number of hydrogen-bond donors (Lipinski definition) is 1. The third-order valence-electron chi connectivity index (χ3n) is 4.65. The second-order valence-electron chi connectivity index (χ2n) is 6.38. The van der Waals surface area contributed by atoms with E-state index in [4.69, 9.17) is 11.6 Å². The highest BCUT2D eigenvalue weighted by molar-refractivity contribution is 6.33. The van der Waals surface area contributed by atoms with Crippen molar-refractivity contribution in [3.8, 4) is 11.3 Å². The van der Waals surface area contributed by atoms with Crippen LogP contribution in [-0.4, -0.2) is 36.1 Å². The van der Waals surface area contributed by atoms with Crippen molar-refractivity contribution in [3.05, 3.63) is 75.8 Å². The van der Waals surface area contributed by atoms with Crippen molar-refractivity contribution in [1.82, 2.24) is 9.97 Å². The molecule has 7 heteroatoms. The molecule has 27 heavy (non-hydrogen) atoms. The van der Waals surface area contributed by atoms with E-state index in [1.807, 2.05) is 23.1 Å². The molecule has 4 rings (SSSR count). The van der Waals surface area contributed by atoms with Crippen molar-refractivity contribution >= 4 is 23.2 Å². The van der Waals surface area contributed by atoms with Gasteiger partial charge in [0.2, 0.25) is 5.95 Å². The van der Waals surface area contributed by atoms with Gasteiger partial charge in [-0.1, -0.05) is 29.8 Å². The molecule has 1 aliphatic rings. The minimum absolute atomic E-state index is 0.212. The molecule has 0 aliphatic carbocycles. The largest absolute Gasteiger partial charge is 0.368 e. The summed E-state index contributed by atoms with van der Waals surface area (Å²) < 4.78 is 13.1. The fourth-order valence-corrected chi connectivity index (χ4v) is 3.46. The lowest BCUT2D eigenvalue weighted by Crippen LogP contribution is -2.47. The predicted octanol–water partition coefficient (Wildman–Crippen LogP) is 3.56. The van der Waals surface area contributed by atoms with Crippen molar-refractivity contribution in [2.75, 3.05) is 36.0 Å². The number of anilines is 2. The summed E-state index contributed by atoms with van der Waals surface area (Å²) in [6.07, 6.45) is 0. The van der Waals surface area contributed by atoms with E-state index in [0.29, 0.717) is 29.8 Å². The minimum atomic E-state index is -0.240. The number of nitrogens with one attached hydrogen (secondary N) is 1. The average Bonchev–Trinajstić information content (AvgIpc) is 2.69. The second kappa shape index (κ2) is 7.40. The fraction of sp³-hybridized carbons (Fsp3) is 0.200. The van der Waals surface area contributed by atoms with Crippen molar-refractivity contribution in [1.29, 1.82) is 0 Å². The van der Waals surface area contributed by atoms with Crippen LogP contribution in [0.1, 0.15) is 0 Å².